The van der Waals surface area contributed by atoms with Crippen molar-refractivity contribution < 1.29 is 14.7 Å². The van der Waals surface area contributed by atoms with Gasteiger partial charge in [0, 0.05) is 25.6 Å². The van der Waals surface area contributed by atoms with Gasteiger partial charge in [-0.15, -0.1) is 0 Å². The number of hydrogen-bond acceptors (Lipinski definition) is 3. The van der Waals surface area contributed by atoms with E-state index in [1.807, 2.05) is 39.1 Å². The van der Waals surface area contributed by atoms with E-state index in [0.717, 1.165) is 23.2 Å². The molecule has 5 heteroatoms. The van der Waals surface area contributed by atoms with Gasteiger partial charge in [0.1, 0.15) is 0 Å². The molecule has 1 aliphatic rings. The van der Waals surface area contributed by atoms with Crippen LogP contribution in [-0.4, -0.2) is 53.0 Å². The fourth-order valence-electron chi connectivity index (χ4n) is 3.48. The van der Waals surface area contributed by atoms with Gasteiger partial charge in [-0.1, -0.05) is 18.2 Å². The molecule has 1 heterocycles. The van der Waals surface area contributed by atoms with Crippen molar-refractivity contribution in [3.63, 3.8) is 0 Å². The van der Waals surface area contributed by atoms with Crippen LogP contribution in [0.2, 0.25) is 0 Å². The summed E-state index contributed by atoms with van der Waals surface area (Å²) < 4.78 is 0. The maximum atomic E-state index is 12.6. The minimum atomic E-state index is -0.819. The number of nitrogens with zero attached hydrogens (tertiary/aromatic N) is 2. The van der Waals surface area contributed by atoms with E-state index in [2.05, 4.69) is 18.7 Å². The SMILES string of the molecule is Cc1cccc(C2C(C(=O)O)CCC(=O)N2CCN(C)C(C)C)c1C. The summed E-state index contributed by atoms with van der Waals surface area (Å²) in [7, 11) is 2.03. The van der Waals surface area contributed by atoms with Crippen LogP contribution < -0.4 is 0 Å². The number of benzene rings is 1. The number of carbonyl (C=O) groups excluding carboxylic acids is 1. The van der Waals surface area contributed by atoms with Gasteiger partial charge in [0.2, 0.25) is 5.91 Å². The number of carbonyl (C=O) groups is 2. The predicted octanol–water partition coefficient (Wildman–Crippen LogP) is 3.01. The molecule has 0 saturated carbocycles. The van der Waals surface area contributed by atoms with Gasteiger partial charge >= 0.3 is 5.97 Å². The third kappa shape index (κ3) is 4.21. The van der Waals surface area contributed by atoms with Gasteiger partial charge in [-0.3, -0.25) is 9.59 Å². The molecule has 2 rings (SSSR count). The fraction of sp³-hybridized carbons (Fsp3) is 0.600. The van der Waals surface area contributed by atoms with E-state index in [1.54, 1.807) is 4.90 Å². The topological polar surface area (TPSA) is 60.9 Å². The summed E-state index contributed by atoms with van der Waals surface area (Å²) in [6.07, 6.45) is 0.715. The molecular formula is C20H30N2O3. The van der Waals surface area contributed by atoms with Crippen molar-refractivity contribution in [1.29, 1.82) is 0 Å². The summed E-state index contributed by atoms with van der Waals surface area (Å²) in [6, 6.07) is 5.94. The average molecular weight is 346 g/mol. The van der Waals surface area contributed by atoms with Gasteiger partial charge in [-0.2, -0.15) is 0 Å². The predicted molar refractivity (Wildman–Crippen MR) is 98.5 cm³/mol. The number of hydrogen-bond donors (Lipinski definition) is 1. The number of likely N-dealkylation sites (tertiary alicyclic amines) is 1. The largest absolute Gasteiger partial charge is 0.481 e. The molecule has 1 aromatic rings. The van der Waals surface area contributed by atoms with E-state index >= 15 is 0 Å². The Bertz CT molecular complexity index is 642. The Morgan fingerprint density at radius 1 is 1.36 bits per heavy atom. The molecule has 0 bridgehead atoms. The zero-order chi connectivity index (χ0) is 18.7. The lowest BCUT2D eigenvalue weighted by Crippen LogP contribution is -2.48. The second-order valence-corrected chi connectivity index (χ2v) is 7.38. The van der Waals surface area contributed by atoms with E-state index in [1.165, 1.54) is 0 Å². The minimum absolute atomic E-state index is 0.0561. The second kappa shape index (κ2) is 8.00. The average Bonchev–Trinajstić information content (AvgIpc) is 2.55. The quantitative estimate of drug-likeness (QED) is 0.860. The summed E-state index contributed by atoms with van der Waals surface area (Å²) in [4.78, 5) is 28.5. The van der Waals surface area contributed by atoms with Gasteiger partial charge in [0.25, 0.3) is 0 Å². The van der Waals surface area contributed by atoms with Gasteiger partial charge in [-0.25, -0.2) is 0 Å². The first kappa shape index (κ1) is 19.4. The van der Waals surface area contributed by atoms with Gasteiger partial charge in [0.05, 0.1) is 12.0 Å². The Balaban J connectivity index is 2.39. The zero-order valence-electron chi connectivity index (χ0n) is 16.0. The van der Waals surface area contributed by atoms with E-state index < -0.39 is 11.9 Å². The zero-order valence-corrected chi connectivity index (χ0v) is 16.0. The lowest BCUT2D eigenvalue weighted by atomic mass is 9.82. The van der Waals surface area contributed by atoms with E-state index in [9.17, 15) is 14.7 Å². The standard InChI is InChI=1S/C20H30N2O3/c1-13(2)21(5)11-12-22-18(23)10-9-17(20(24)25)19(22)16-8-6-7-14(3)15(16)4/h6-8,13,17,19H,9-12H2,1-5H3,(H,24,25). The summed E-state index contributed by atoms with van der Waals surface area (Å²) in [6.45, 7) is 9.55. The molecule has 2 atom stereocenters. The van der Waals surface area contributed by atoms with Crippen molar-refractivity contribution in [2.24, 2.45) is 5.92 Å². The molecule has 1 N–H and O–H groups in total. The Labute approximate surface area is 150 Å². The van der Waals surface area contributed by atoms with E-state index in [-0.39, 0.29) is 11.9 Å². The number of carboxylic acids is 1. The summed E-state index contributed by atoms with van der Waals surface area (Å²) in [5, 5.41) is 9.75. The highest BCUT2D eigenvalue weighted by Crippen LogP contribution is 2.38. The van der Waals surface area contributed by atoms with Crippen LogP contribution in [0.15, 0.2) is 18.2 Å². The normalized spacial score (nSPS) is 21.2. The van der Waals surface area contributed by atoms with E-state index in [4.69, 9.17) is 0 Å². The molecule has 0 aliphatic carbocycles. The van der Waals surface area contributed by atoms with Gasteiger partial charge in [-0.05, 0) is 57.9 Å². The Morgan fingerprint density at radius 2 is 2.04 bits per heavy atom. The molecular weight excluding hydrogens is 316 g/mol. The van der Waals surface area contributed by atoms with Crippen LogP contribution in [0.25, 0.3) is 0 Å². The van der Waals surface area contributed by atoms with Crippen LogP contribution in [0.3, 0.4) is 0 Å². The summed E-state index contributed by atoms with van der Waals surface area (Å²) in [5.74, 6) is -1.32. The van der Waals surface area contributed by atoms with Crippen molar-refractivity contribution in [3.8, 4) is 0 Å². The first-order chi connectivity index (χ1) is 11.7. The minimum Gasteiger partial charge on any atom is -0.481 e. The number of aryl methyl sites for hydroxylation is 1. The molecule has 0 spiro atoms. The molecule has 138 valence electrons. The van der Waals surface area contributed by atoms with Gasteiger partial charge < -0.3 is 14.9 Å². The molecule has 25 heavy (non-hydrogen) atoms. The molecule has 1 saturated heterocycles. The molecule has 5 nitrogen and oxygen atoms in total. The fourth-order valence-corrected chi connectivity index (χ4v) is 3.48. The summed E-state index contributed by atoms with van der Waals surface area (Å²) >= 11 is 0. The number of likely N-dealkylation sites (N-methyl/N-ethyl adjacent to an activating group) is 1. The second-order valence-electron chi connectivity index (χ2n) is 7.38. The van der Waals surface area contributed by atoms with Crippen molar-refractivity contribution >= 4 is 11.9 Å². The van der Waals surface area contributed by atoms with Crippen molar-refractivity contribution in [2.75, 3.05) is 20.1 Å². The van der Waals surface area contributed by atoms with Crippen LogP contribution >= 0.6 is 0 Å². The highest BCUT2D eigenvalue weighted by atomic mass is 16.4. The molecule has 1 aliphatic heterocycles. The molecule has 0 radical (unpaired) electrons. The van der Waals surface area contributed by atoms with Gasteiger partial charge in [0.15, 0.2) is 0 Å². The molecule has 0 aromatic heterocycles. The van der Waals surface area contributed by atoms with Crippen LogP contribution in [-0.2, 0) is 9.59 Å². The van der Waals surface area contributed by atoms with Crippen LogP contribution in [0.5, 0.6) is 0 Å². The molecule has 1 aromatic carbocycles. The Morgan fingerprint density at radius 3 is 2.64 bits per heavy atom. The number of amides is 1. The third-order valence-electron chi connectivity index (χ3n) is 5.56. The van der Waals surface area contributed by atoms with Crippen LogP contribution in [0, 0.1) is 19.8 Å². The Kier molecular flexibility index (Phi) is 6.22. The van der Waals surface area contributed by atoms with Crippen LogP contribution in [0.1, 0.15) is 49.4 Å². The lowest BCUT2D eigenvalue weighted by Gasteiger charge is -2.41. The first-order valence-electron chi connectivity index (χ1n) is 9.02. The number of piperidine rings is 1. The lowest BCUT2D eigenvalue weighted by molar-refractivity contribution is -0.152. The van der Waals surface area contributed by atoms with Crippen molar-refractivity contribution in [2.45, 2.75) is 52.6 Å². The molecule has 1 amide bonds. The number of rotatable bonds is 6. The highest BCUT2D eigenvalue weighted by molar-refractivity contribution is 5.82. The third-order valence-corrected chi connectivity index (χ3v) is 5.56. The smallest absolute Gasteiger partial charge is 0.308 e. The monoisotopic (exact) mass is 346 g/mol. The molecule has 1 fully saturated rings. The number of aliphatic carboxylic acids is 1. The van der Waals surface area contributed by atoms with Crippen molar-refractivity contribution in [1.82, 2.24) is 9.80 Å². The summed E-state index contributed by atoms with van der Waals surface area (Å²) in [5.41, 5.74) is 3.17. The van der Waals surface area contributed by atoms with Crippen LogP contribution in [0.4, 0.5) is 0 Å². The van der Waals surface area contributed by atoms with Crippen molar-refractivity contribution in [3.05, 3.63) is 34.9 Å². The van der Waals surface area contributed by atoms with E-state index in [0.29, 0.717) is 25.4 Å². The maximum Gasteiger partial charge on any atom is 0.308 e. The maximum absolute atomic E-state index is 12.6. The number of carboxylic acid groups (broad SMARTS) is 1. The molecule has 2 unspecified atom stereocenters. The first-order valence-corrected chi connectivity index (χ1v) is 9.02. The highest BCUT2D eigenvalue weighted by Gasteiger charge is 2.41. The Hall–Kier alpha value is -1.88.